The highest BCUT2D eigenvalue weighted by atomic mass is 16.5. The highest BCUT2D eigenvalue weighted by molar-refractivity contribution is 5.27. The van der Waals surface area contributed by atoms with Crippen LogP contribution >= 0.6 is 0 Å². The van der Waals surface area contributed by atoms with Gasteiger partial charge in [-0.3, -0.25) is 4.68 Å². The van der Waals surface area contributed by atoms with Crippen molar-refractivity contribution in [2.45, 2.75) is 13.5 Å². The molecule has 3 aromatic rings. The molecule has 0 aromatic carbocycles. The fourth-order valence-corrected chi connectivity index (χ4v) is 1.57. The second-order valence-electron chi connectivity index (χ2n) is 3.86. The molecule has 0 aliphatic carbocycles. The topological polar surface area (TPSA) is 110 Å². The Morgan fingerprint density at radius 3 is 2.85 bits per heavy atom. The lowest BCUT2D eigenvalue weighted by Gasteiger charge is -2.04. The number of nitrogens with two attached hydrogens (primary N) is 1. The molecule has 3 aromatic heterocycles. The lowest BCUT2D eigenvalue weighted by Crippen LogP contribution is -2.07. The van der Waals surface area contributed by atoms with Crippen LogP contribution in [0.2, 0.25) is 0 Å². The van der Waals surface area contributed by atoms with Crippen LogP contribution in [0.1, 0.15) is 6.92 Å². The number of hydrogen-bond donors (Lipinski definition) is 1. The van der Waals surface area contributed by atoms with E-state index in [-0.39, 0.29) is 12.0 Å². The maximum Gasteiger partial charge on any atom is 0.328 e. The zero-order chi connectivity index (χ0) is 13.9. The molecule has 9 heteroatoms. The maximum absolute atomic E-state index is 5.65. The van der Waals surface area contributed by atoms with Gasteiger partial charge in [-0.1, -0.05) is 0 Å². The van der Waals surface area contributed by atoms with Gasteiger partial charge in [-0.2, -0.15) is 25.1 Å². The number of anilines is 1. The summed E-state index contributed by atoms with van der Waals surface area (Å²) in [6.07, 6.45) is 6.64. The van der Waals surface area contributed by atoms with Gasteiger partial charge in [0.15, 0.2) is 5.75 Å². The first-order valence-corrected chi connectivity index (χ1v) is 5.96. The van der Waals surface area contributed by atoms with Gasteiger partial charge in [0.25, 0.3) is 5.95 Å². The van der Waals surface area contributed by atoms with Crippen LogP contribution in [-0.2, 0) is 6.54 Å². The van der Waals surface area contributed by atoms with Gasteiger partial charge < -0.3 is 10.5 Å². The summed E-state index contributed by atoms with van der Waals surface area (Å²) in [5.41, 5.74) is 5.65. The second-order valence-corrected chi connectivity index (χ2v) is 3.86. The molecule has 2 N–H and O–H groups in total. The van der Waals surface area contributed by atoms with E-state index < -0.39 is 0 Å². The monoisotopic (exact) mass is 272 g/mol. The highest BCUT2D eigenvalue weighted by Gasteiger charge is 2.09. The molecule has 3 heterocycles. The van der Waals surface area contributed by atoms with E-state index >= 15 is 0 Å². The Morgan fingerprint density at radius 2 is 2.15 bits per heavy atom. The highest BCUT2D eigenvalue weighted by Crippen LogP contribution is 2.17. The van der Waals surface area contributed by atoms with Gasteiger partial charge in [0.1, 0.15) is 0 Å². The summed E-state index contributed by atoms with van der Waals surface area (Å²) in [5.74, 6) is 0.882. The third kappa shape index (κ3) is 2.41. The third-order valence-corrected chi connectivity index (χ3v) is 2.47. The molecule has 0 atom stereocenters. The van der Waals surface area contributed by atoms with Crippen molar-refractivity contribution in [2.75, 3.05) is 5.73 Å². The van der Waals surface area contributed by atoms with Crippen molar-refractivity contribution in [1.82, 2.24) is 34.5 Å². The van der Waals surface area contributed by atoms with Crippen LogP contribution in [0, 0.1) is 0 Å². The molecule has 0 spiro atoms. The van der Waals surface area contributed by atoms with E-state index in [1.165, 1.54) is 4.68 Å². The molecule has 0 unspecified atom stereocenters. The van der Waals surface area contributed by atoms with Crippen molar-refractivity contribution in [3.8, 4) is 17.7 Å². The van der Waals surface area contributed by atoms with Gasteiger partial charge in [-0.05, 0) is 13.0 Å². The minimum Gasteiger partial charge on any atom is -0.421 e. The lowest BCUT2D eigenvalue weighted by molar-refractivity contribution is 0.437. The average molecular weight is 272 g/mol. The zero-order valence-electron chi connectivity index (χ0n) is 10.7. The third-order valence-electron chi connectivity index (χ3n) is 2.47. The van der Waals surface area contributed by atoms with Gasteiger partial charge in [-0.15, -0.1) is 0 Å². The van der Waals surface area contributed by atoms with E-state index in [0.717, 1.165) is 6.54 Å². The van der Waals surface area contributed by atoms with E-state index in [2.05, 4.69) is 25.1 Å². The second kappa shape index (κ2) is 4.96. The van der Waals surface area contributed by atoms with E-state index in [1.54, 1.807) is 35.5 Å². The van der Waals surface area contributed by atoms with Crippen LogP contribution in [0.3, 0.4) is 0 Å². The molecule has 0 amide bonds. The quantitative estimate of drug-likeness (QED) is 0.742. The van der Waals surface area contributed by atoms with Gasteiger partial charge in [0, 0.05) is 18.9 Å². The predicted octanol–water partition coefficient (Wildman–Crippen LogP) is 0.648. The van der Waals surface area contributed by atoms with Crippen molar-refractivity contribution in [3.63, 3.8) is 0 Å². The summed E-state index contributed by atoms with van der Waals surface area (Å²) in [5, 5.41) is 8.13. The molecule has 9 nitrogen and oxygen atoms in total. The fraction of sp³-hybridized carbons (Fsp3) is 0.182. The van der Waals surface area contributed by atoms with Gasteiger partial charge in [0.2, 0.25) is 5.95 Å². The summed E-state index contributed by atoms with van der Waals surface area (Å²) in [7, 11) is 0. The molecule has 20 heavy (non-hydrogen) atoms. The first kappa shape index (κ1) is 12.1. The van der Waals surface area contributed by atoms with Crippen LogP contribution < -0.4 is 10.5 Å². The Hall–Kier alpha value is -2.97. The molecule has 3 rings (SSSR count). The Balaban J connectivity index is 1.90. The summed E-state index contributed by atoms with van der Waals surface area (Å²) < 4.78 is 8.72. The standard InChI is InChI=1S/C11H12N8O/c1-2-18-7-8(6-14-18)20-11-16-9(12)15-10(17-11)19-5-3-4-13-19/h3-7H,2H2,1H3,(H2,12,15,16,17). The molecule has 102 valence electrons. The molecule has 0 aliphatic rings. The number of hydrogen-bond acceptors (Lipinski definition) is 7. The van der Waals surface area contributed by atoms with Gasteiger partial charge in [-0.25, -0.2) is 4.68 Å². The van der Waals surface area contributed by atoms with Crippen molar-refractivity contribution in [3.05, 3.63) is 30.9 Å². The molecule has 0 radical (unpaired) electrons. The maximum atomic E-state index is 5.65. The molecular weight excluding hydrogens is 260 g/mol. The summed E-state index contributed by atoms with van der Waals surface area (Å²) >= 11 is 0. The van der Waals surface area contributed by atoms with Crippen LogP contribution in [0.15, 0.2) is 30.9 Å². The SMILES string of the molecule is CCn1cc(Oc2nc(N)nc(-n3cccn3)n2)cn1. The van der Waals surface area contributed by atoms with Crippen LogP contribution in [0.25, 0.3) is 5.95 Å². The molecule has 0 saturated heterocycles. The normalized spacial score (nSPS) is 10.7. The molecule has 0 saturated carbocycles. The molecule has 0 aliphatic heterocycles. The summed E-state index contributed by atoms with van der Waals surface area (Å²) in [6.45, 7) is 2.73. The first-order chi connectivity index (χ1) is 9.74. The minimum atomic E-state index is 0.0587. The Labute approximate surface area is 114 Å². The zero-order valence-corrected chi connectivity index (χ0v) is 10.7. The number of nitrogen functional groups attached to an aromatic ring is 1. The van der Waals surface area contributed by atoms with E-state index in [1.807, 2.05) is 6.92 Å². The number of nitrogens with zero attached hydrogens (tertiary/aromatic N) is 7. The summed E-state index contributed by atoms with van der Waals surface area (Å²) in [6, 6.07) is 1.85. The van der Waals surface area contributed by atoms with Crippen molar-refractivity contribution >= 4 is 5.95 Å². The fourth-order valence-electron chi connectivity index (χ4n) is 1.57. The molecular formula is C11H12N8O. The van der Waals surface area contributed by atoms with Crippen molar-refractivity contribution in [1.29, 1.82) is 0 Å². The van der Waals surface area contributed by atoms with E-state index in [9.17, 15) is 0 Å². The largest absolute Gasteiger partial charge is 0.421 e. The van der Waals surface area contributed by atoms with Gasteiger partial charge in [0.05, 0.1) is 12.4 Å². The Morgan fingerprint density at radius 1 is 1.25 bits per heavy atom. The van der Waals surface area contributed by atoms with Crippen LogP contribution in [0.4, 0.5) is 5.95 Å². The number of aromatic nitrogens is 7. The smallest absolute Gasteiger partial charge is 0.328 e. The van der Waals surface area contributed by atoms with E-state index in [0.29, 0.717) is 11.7 Å². The number of rotatable bonds is 4. The molecule has 0 bridgehead atoms. The summed E-state index contributed by atoms with van der Waals surface area (Å²) in [4.78, 5) is 12.1. The van der Waals surface area contributed by atoms with Crippen LogP contribution in [0.5, 0.6) is 11.8 Å². The Kier molecular flexibility index (Phi) is 2.99. The van der Waals surface area contributed by atoms with Crippen molar-refractivity contribution in [2.24, 2.45) is 0 Å². The first-order valence-electron chi connectivity index (χ1n) is 5.96. The number of ether oxygens (including phenoxy) is 1. The van der Waals surface area contributed by atoms with Gasteiger partial charge >= 0.3 is 6.01 Å². The van der Waals surface area contributed by atoms with Crippen LogP contribution in [-0.4, -0.2) is 34.5 Å². The van der Waals surface area contributed by atoms with Crippen molar-refractivity contribution < 1.29 is 4.74 Å². The minimum absolute atomic E-state index is 0.0587. The Bertz CT molecular complexity index is 705. The van der Waals surface area contributed by atoms with E-state index in [4.69, 9.17) is 10.5 Å². The predicted molar refractivity (Wildman–Crippen MR) is 69.3 cm³/mol. The molecule has 0 fully saturated rings. The lowest BCUT2D eigenvalue weighted by atomic mass is 10.6. The average Bonchev–Trinajstić information content (AvgIpc) is 3.09. The number of aryl methyl sites for hydroxylation is 1.